The second-order valence-electron chi connectivity index (χ2n) is 10.3. The maximum atomic E-state index is 13.1. The van der Waals surface area contributed by atoms with Crippen LogP contribution < -0.4 is 5.32 Å². The molecule has 5 heteroatoms. The minimum absolute atomic E-state index is 0.143. The molecule has 5 rings (SSSR count). The number of aryl methyl sites for hydroxylation is 1. The van der Waals surface area contributed by atoms with Gasteiger partial charge in [-0.2, -0.15) is 5.10 Å². The minimum atomic E-state index is 0.143. The number of carbonyl (C=O) groups excluding carboxylic acids is 1. The third kappa shape index (κ3) is 3.93. The predicted molar refractivity (Wildman–Crippen MR) is 123 cm³/mol. The number of hydrogen-bond acceptors (Lipinski definition) is 3. The van der Waals surface area contributed by atoms with Gasteiger partial charge >= 0.3 is 0 Å². The van der Waals surface area contributed by atoms with Crippen molar-refractivity contribution in [2.24, 2.45) is 18.4 Å². The van der Waals surface area contributed by atoms with E-state index in [0.717, 1.165) is 45.4 Å². The Morgan fingerprint density at radius 1 is 1.13 bits per heavy atom. The lowest BCUT2D eigenvalue weighted by molar-refractivity contribution is -0.123. The Morgan fingerprint density at radius 3 is 2.48 bits per heavy atom. The fourth-order valence-electron chi connectivity index (χ4n) is 6.16. The molecule has 1 aliphatic heterocycles. The zero-order valence-corrected chi connectivity index (χ0v) is 19.1. The van der Waals surface area contributed by atoms with Gasteiger partial charge in [-0.15, -0.1) is 0 Å². The molecular weight excluding hydrogens is 384 g/mol. The van der Waals surface area contributed by atoms with Crippen molar-refractivity contribution in [2.45, 2.75) is 63.8 Å². The number of hydrogen-bond donors (Lipinski definition) is 1. The van der Waals surface area contributed by atoms with E-state index in [-0.39, 0.29) is 16.7 Å². The molecule has 3 fully saturated rings. The van der Waals surface area contributed by atoms with Crippen LogP contribution in [0.4, 0.5) is 0 Å². The van der Waals surface area contributed by atoms with Gasteiger partial charge in [0.05, 0.1) is 6.20 Å². The molecular formula is C26H36N4O. The standard InChI is InChI=1S/C26H36N4O/c1-20-21(17-28-29(20)2)18-30-14-12-25(13-15-30)16-23(25)24(31)27-19-26(10-6-7-11-26)22-8-4-3-5-9-22/h3-5,8-9,17,23H,6-7,10-16,18-19H2,1-2H3,(H,27,31). The molecule has 0 bridgehead atoms. The topological polar surface area (TPSA) is 50.2 Å². The van der Waals surface area contributed by atoms with Gasteiger partial charge in [-0.25, -0.2) is 0 Å². The van der Waals surface area contributed by atoms with Gasteiger partial charge in [0.1, 0.15) is 0 Å². The number of nitrogens with zero attached hydrogens (tertiary/aromatic N) is 3. The Hall–Kier alpha value is -2.14. The van der Waals surface area contributed by atoms with Crippen molar-refractivity contribution in [3.05, 3.63) is 53.3 Å². The Balaban J connectivity index is 1.14. The van der Waals surface area contributed by atoms with Crippen molar-refractivity contribution >= 4 is 5.91 Å². The summed E-state index contributed by atoms with van der Waals surface area (Å²) < 4.78 is 1.95. The van der Waals surface area contributed by atoms with Gasteiger partial charge in [-0.05, 0) is 63.1 Å². The van der Waals surface area contributed by atoms with Gasteiger partial charge in [0, 0.05) is 42.7 Å². The van der Waals surface area contributed by atoms with E-state index in [2.05, 4.69) is 52.6 Å². The number of carbonyl (C=O) groups is 1. The largest absolute Gasteiger partial charge is 0.355 e. The van der Waals surface area contributed by atoms with Crippen LogP contribution in [0.5, 0.6) is 0 Å². The van der Waals surface area contributed by atoms with Crippen LogP contribution in [-0.2, 0) is 23.8 Å². The van der Waals surface area contributed by atoms with Crippen LogP contribution in [0.1, 0.15) is 61.8 Å². The average Bonchev–Trinajstić information content (AvgIpc) is 3.12. The summed E-state index contributed by atoms with van der Waals surface area (Å²) in [5.74, 6) is 0.530. The third-order valence-corrected chi connectivity index (χ3v) is 8.64. The zero-order chi connectivity index (χ0) is 21.5. The highest BCUT2D eigenvalue weighted by atomic mass is 16.2. The Kier molecular flexibility index (Phi) is 5.41. The molecule has 2 saturated carbocycles. The molecule has 1 aromatic carbocycles. The molecule has 1 unspecified atom stereocenters. The summed E-state index contributed by atoms with van der Waals surface area (Å²) in [5.41, 5.74) is 4.39. The van der Waals surface area contributed by atoms with E-state index in [1.807, 2.05) is 17.9 Å². The van der Waals surface area contributed by atoms with Crippen molar-refractivity contribution in [3.8, 4) is 0 Å². The lowest BCUT2D eigenvalue weighted by atomic mass is 9.78. The molecule has 2 heterocycles. The number of benzene rings is 1. The first-order chi connectivity index (χ1) is 15.0. The summed E-state index contributed by atoms with van der Waals surface area (Å²) in [6.45, 7) is 6.10. The minimum Gasteiger partial charge on any atom is -0.355 e. The molecule has 1 N–H and O–H groups in total. The molecule has 1 aromatic heterocycles. The van der Waals surface area contributed by atoms with Crippen molar-refractivity contribution in [1.29, 1.82) is 0 Å². The fraction of sp³-hybridized carbons (Fsp3) is 0.615. The first-order valence-corrected chi connectivity index (χ1v) is 12.0. The van der Waals surface area contributed by atoms with Crippen LogP contribution in [0.3, 0.4) is 0 Å². The van der Waals surface area contributed by atoms with Gasteiger partial charge in [0.2, 0.25) is 5.91 Å². The first-order valence-electron chi connectivity index (χ1n) is 12.0. The average molecular weight is 421 g/mol. The highest BCUT2D eigenvalue weighted by molar-refractivity contribution is 5.82. The second kappa shape index (κ2) is 8.09. The second-order valence-corrected chi connectivity index (χ2v) is 10.3. The molecule has 1 amide bonds. The van der Waals surface area contributed by atoms with Gasteiger partial charge in [0.15, 0.2) is 0 Å². The number of aromatic nitrogens is 2. The van der Waals surface area contributed by atoms with E-state index in [1.165, 1.54) is 42.5 Å². The lowest BCUT2D eigenvalue weighted by Crippen LogP contribution is -2.41. The normalized spacial score (nSPS) is 24.4. The Labute approximate surface area is 186 Å². The molecule has 3 aliphatic rings. The van der Waals surface area contributed by atoms with Crippen LogP contribution in [-0.4, -0.2) is 40.2 Å². The summed E-state index contributed by atoms with van der Waals surface area (Å²) >= 11 is 0. The molecule has 166 valence electrons. The van der Waals surface area contributed by atoms with Crippen molar-refractivity contribution in [2.75, 3.05) is 19.6 Å². The third-order valence-electron chi connectivity index (χ3n) is 8.64. The van der Waals surface area contributed by atoms with Crippen LogP contribution in [0, 0.1) is 18.3 Å². The van der Waals surface area contributed by atoms with E-state index >= 15 is 0 Å². The van der Waals surface area contributed by atoms with Crippen molar-refractivity contribution in [1.82, 2.24) is 20.0 Å². The number of amides is 1. The fourth-order valence-corrected chi connectivity index (χ4v) is 6.16. The van der Waals surface area contributed by atoms with Crippen LogP contribution in [0.15, 0.2) is 36.5 Å². The van der Waals surface area contributed by atoms with Gasteiger partial charge in [-0.1, -0.05) is 43.2 Å². The summed E-state index contributed by atoms with van der Waals surface area (Å²) in [5, 5.41) is 7.77. The van der Waals surface area contributed by atoms with Gasteiger partial charge < -0.3 is 5.32 Å². The maximum absolute atomic E-state index is 13.1. The molecule has 31 heavy (non-hydrogen) atoms. The zero-order valence-electron chi connectivity index (χ0n) is 19.1. The lowest BCUT2D eigenvalue weighted by Gasteiger charge is -2.33. The Bertz CT molecular complexity index is 920. The number of piperidine rings is 1. The Morgan fingerprint density at radius 2 is 1.84 bits per heavy atom. The quantitative estimate of drug-likeness (QED) is 0.770. The van der Waals surface area contributed by atoms with Crippen molar-refractivity contribution in [3.63, 3.8) is 0 Å². The van der Waals surface area contributed by atoms with Crippen molar-refractivity contribution < 1.29 is 4.79 Å². The molecule has 1 spiro atoms. The first kappa shape index (κ1) is 20.7. The molecule has 2 aliphatic carbocycles. The predicted octanol–water partition coefficient (Wildman–Crippen LogP) is 3.96. The van der Waals surface area contributed by atoms with Crippen LogP contribution in [0.25, 0.3) is 0 Å². The summed E-state index contributed by atoms with van der Waals surface area (Å²) in [4.78, 5) is 15.6. The van der Waals surface area contributed by atoms with E-state index in [9.17, 15) is 4.79 Å². The number of likely N-dealkylation sites (tertiary alicyclic amines) is 1. The van der Waals surface area contributed by atoms with Gasteiger partial charge in [-0.3, -0.25) is 14.4 Å². The summed E-state index contributed by atoms with van der Waals surface area (Å²) in [7, 11) is 2.00. The summed E-state index contributed by atoms with van der Waals surface area (Å²) in [6.07, 6.45) is 10.3. The molecule has 0 radical (unpaired) electrons. The smallest absolute Gasteiger partial charge is 0.223 e. The maximum Gasteiger partial charge on any atom is 0.223 e. The van der Waals surface area contributed by atoms with E-state index in [1.54, 1.807) is 0 Å². The van der Waals surface area contributed by atoms with E-state index in [0.29, 0.717) is 5.91 Å². The van der Waals surface area contributed by atoms with E-state index < -0.39 is 0 Å². The van der Waals surface area contributed by atoms with Crippen LogP contribution in [0.2, 0.25) is 0 Å². The van der Waals surface area contributed by atoms with Crippen LogP contribution >= 0.6 is 0 Å². The number of nitrogens with one attached hydrogen (secondary N) is 1. The highest BCUT2D eigenvalue weighted by Gasteiger charge is 2.58. The molecule has 1 saturated heterocycles. The molecule has 5 nitrogen and oxygen atoms in total. The molecule has 1 atom stereocenters. The number of rotatable bonds is 6. The monoisotopic (exact) mass is 420 g/mol. The SMILES string of the molecule is Cc1c(CN2CCC3(CC2)CC3C(=O)NCC2(c3ccccc3)CCCC2)cnn1C. The molecule has 2 aromatic rings. The summed E-state index contributed by atoms with van der Waals surface area (Å²) in [6, 6.07) is 10.8. The highest BCUT2D eigenvalue weighted by Crippen LogP contribution is 2.59. The van der Waals surface area contributed by atoms with Gasteiger partial charge in [0.25, 0.3) is 0 Å². The van der Waals surface area contributed by atoms with E-state index in [4.69, 9.17) is 0 Å².